The molecule has 7 atom stereocenters. The third-order valence-corrected chi connectivity index (χ3v) is 8.29. The van der Waals surface area contributed by atoms with Crippen molar-refractivity contribution in [2.75, 3.05) is 0 Å². The summed E-state index contributed by atoms with van der Waals surface area (Å²) in [5, 5.41) is 0. The molecule has 0 aromatic rings. The predicted molar refractivity (Wildman–Crippen MR) is 93.7 cm³/mol. The second-order valence-electron chi connectivity index (χ2n) is 9.51. The SMILES string of the molecule is CC(=O)O[C@H]1C[C@H]2[C@@H]3CC[C@H]4CCCC[C@]4(C)[C@H]3CC[C@]2(C)OC1=O. The summed E-state index contributed by atoms with van der Waals surface area (Å²) in [4.78, 5) is 23.7. The van der Waals surface area contributed by atoms with Crippen LogP contribution in [0.25, 0.3) is 0 Å². The molecule has 4 rings (SSSR count). The van der Waals surface area contributed by atoms with E-state index in [1.807, 2.05) is 0 Å². The Morgan fingerprint density at radius 2 is 1.88 bits per heavy atom. The standard InChI is InChI=1S/C21H32O4/c1-13(22)24-18-12-17-15-8-7-14-6-4-5-10-20(14,2)16(15)9-11-21(17,3)25-19(18)23/h14-18H,4-12H2,1-3H3/t14-,15-,16+,17+,18+,20+,21+/m1/s1. The molecule has 1 aliphatic heterocycles. The molecule has 1 heterocycles. The summed E-state index contributed by atoms with van der Waals surface area (Å²) < 4.78 is 11.2. The van der Waals surface area contributed by atoms with Crippen LogP contribution in [-0.4, -0.2) is 23.6 Å². The van der Waals surface area contributed by atoms with Gasteiger partial charge in [0.25, 0.3) is 0 Å². The molecule has 1 saturated heterocycles. The van der Waals surface area contributed by atoms with E-state index in [1.54, 1.807) is 0 Å². The molecule has 3 saturated carbocycles. The minimum absolute atomic E-state index is 0.327. The zero-order chi connectivity index (χ0) is 17.8. The van der Waals surface area contributed by atoms with Gasteiger partial charge in [0.1, 0.15) is 5.60 Å². The maximum absolute atomic E-state index is 12.3. The Morgan fingerprint density at radius 3 is 2.64 bits per heavy atom. The summed E-state index contributed by atoms with van der Waals surface area (Å²) in [6.45, 7) is 6.03. The van der Waals surface area contributed by atoms with Crippen LogP contribution in [0.3, 0.4) is 0 Å². The van der Waals surface area contributed by atoms with Gasteiger partial charge in [-0.25, -0.2) is 4.79 Å². The molecule has 4 heteroatoms. The number of hydrogen-bond acceptors (Lipinski definition) is 4. The summed E-state index contributed by atoms with van der Waals surface area (Å²) in [5.74, 6) is 1.81. The molecule has 0 aromatic carbocycles. The molecule has 4 aliphatic rings. The van der Waals surface area contributed by atoms with Gasteiger partial charge < -0.3 is 9.47 Å². The summed E-state index contributed by atoms with van der Waals surface area (Å²) in [7, 11) is 0. The Hall–Kier alpha value is -1.06. The van der Waals surface area contributed by atoms with Gasteiger partial charge in [0.2, 0.25) is 0 Å². The molecule has 140 valence electrons. The van der Waals surface area contributed by atoms with E-state index in [9.17, 15) is 9.59 Å². The Balaban J connectivity index is 1.60. The van der Waals surface area contributed by atoms with E-state index >= 15 is 0 Å². The maximum atomic E-state index is 12.3. The number of carbonyl (C=O) groups is 2. The number of rotatable bonds is 1. The van der Waals surface area contributed by atoms with Gasteiger partial charge >= 0.3 is 11.9 Å². The fraction of sp³-hybridized carbons (Fsp3) is 0.905. The van der Waals surface area contributed by atoms with E-state index in [-0.39, 0.29) is 17.5 Å². The lowest BCUT2D eigenvalue weighted by atomic mass is 9.46. The molecule has 4 fully saturated rings. The zero-order valence-electron chi connectivity index (χ0n) is 15.9. The highest BCUT2D eigenvalue weighted by molar-refractivity contribution is 5.79. The highest BCUT2D eigenvalue weighted by Crippen LogP contribution is 2.63. The van der Waals surface area contributed by atoms with E-state index in [2.05, 4.69) is 13.8 Å². The van der Waals surface area contributed by atoms with Crippen molar-refractivity contribution in [1.29, 1.82) is 0 Å². The fourth-order valence-corrected chi connectivity index (χ4v) is 7.05. The zero-order valence-corrected chi connectivity index (χ0v) is 15.9. The minimum Gasteiger partial charge on any atom is -0.456 e. The van der Waals surface area contributed by atoms with E-state index in [0.29, 0.717) is 23.7 Å². The van der Waals surface area contributed by atoms with Crippen LogP contribution in [0.2, 0.25) is 0 Å². The summed E-state index contributed by atoms with van der Waals surface area (Å²) in [6, 6.07) is 0. The number of hydrogen-bond donors (Lipinski definition) is 0. The van der Waals surface area contributed by atoms with Crippen LogP contribution in [0.4, 0.5) is 0 Å². The molecule has 3 aliphatic carbocycles. The van der Waals surface area contributed by atoms with Gasteiger partial charge in [0.15, 0.2) is 6.10 Å². The van der Waals surface area contributed by atoms with E-state index in [0.717, 1.165) is 18.3 Å². The Kier molecular flexibility index (Phi) is 4.16. The van der Waals surface area contributed by atoms with Crippen molar-refractivity contribution in [2.24, 2.45) is 29.1 Å². The highest BCUT2D eigenvalue weighted by Gasteiger charge is 2.60. The fourth-order valence-electron chi connectivity index (χ4n) is 7.05. The van der Waals surface area contributed by atoms with Gasteiger partial charge in [0, 0.05) is 19.3 Å². The first kappa shape index (κ1) is 17.4. The number of ether oxygens (including phenoxy) is 2. The number of fused-ring (bicyclic) bond motifs is 5. The lowest BCUT2D eigenvalue weighted by molar-refractivity contribution is -0.221. The van der Waals surface area contributed by atoms with Crippen molar-refractivity contribution in [3.05, 3.63) is 0 Å². The lowest BCUT2D eigenvalue weighted by Crippen LogP contribution is -2.60. The number of esters is 2. The molecule has 0 aromatic heterocycles. The average molecular weight is 348 g/mol. The minimum atomic E-state index is -0.703. The number of carbonyl (C=O) groups excluding carboxylic acids is 2. The van der Waals surface area contributed by atoms with Gasteiger partial charge in [0.05, 0.1) is 0 Å². The van der Waals surface area contributed by atoms with Gasteiger partial charge in [-0.3, -0.25) is 4.79 Å². The molecular weight excluding hydrogens is 316 g/mol. The Labute approximate surface area is 151 Å². The van der Waals surface area contributed by atoms with Crippen molar-refractivity contribution in [3.8, 4) is 0 Å². The second-order valence-corrected chi connectivity index (χ2v) is 9.51. The quantitative estimate of drug-likeness (QED) is 0.665. The normalized spacial score (nSPS) is 49.2. The predicted octanol–water partition coefficient (Wildman–Crippen LogP) is 4.26. The molecular formula is C21H32O4. The summed E-state index contributed by atoms with van der Waals surface area (Å²) >= 11 is 0. The third-order valence-electron chi connectivity index (χ3n) is 8.29. The summed E-state index contributed by atoms with van der Waals surface area (Å²) in [6.07, 6.45) is 10.2. The second kappa shape index (κ2) is 5.99. The largest absolute Gasteiger partial charge is 0.456 e. The van der Waals surface area contributed by atoms with Crippen LogP contribution in [0.1, 0.15) is 78.6 Å². The smallest absolute Gasteiger partial charge is 0.348 e. The monoisotopic (exact) mass is 348 g/mol. The lowest BCUT2D eigenvalue weighted by Gasteiger charge is -2.61. The molecule has 4 nitrogen and oxygen atoms in total. The van der Waals surface area contributed by atoms with Crippen molar-refractivity contribution in [3.63, 3.8) is 0 Å². The van der Waals surface area contributed by atoms with Crippen LogP contribution in [0, 0.1) is 29.1 Å². The molecule has 0 amide bonds. The third kappa shape index (κ3) is 2.71. The van der Waals surface area contributed by atoms with Crippen LogP contribution < -0.4 is 0 Å². The van der Waals surface area contributed by atoms with Gasteiger partial charge in [-0.1, -0.05) is 19.8 Å². The first-order valence-electron chi connectivity index (χ1n) is 10.2. The average Bonchev–Trinajstić information content (AvgIpc) is 2.54. The molecule has 25 heavy (non-hydrogen) atoms. The van der Waals surface area contributed by atoms with Crippen molar-refractivity contribution in [1.82, 2.24) is 0 Å². The van der Waals surface area contributed by atoms with E-state index in [4.69, 9.17) is 9.47 Å². The topological polar surface area (TPSA) is 52.6 Å². The van der Waals surface area contributed by atoms with Crippen LogP contribution in [-0.2, 0) is 19.1 Å². The first-order valence-corrected chi connectivity index (χ1v) is 10.2. The molecule has 0 unspecified atom stereocenters. The molecule has 0 spiro atoms. The van der Waals surface area contributed by atoms with Crippen molar-refractivity contribution in [2.45, 2.75) is 90.3 Å². The highest BCUT2D eigenvalue weighted by atomic mass is 16.6. The van der Waals surface area contributed by atoms with Gasteiger partial charge in [-0.15, -0.1) is 0 Å². The van der Waals surface area contributed by atoms with Gasteiger partial charge in [-0.2, -0.15) is 0 Å². The van der Waals surface area contributed by atoms with Gasteiger partial charge in [-0.05, 0) is 68.6 Å². The van der Waals surface area contributed by atoms with Crippen LogP contribution in [0.5, 0.6) is 0 Å². The van der Waals surface area contributed by atoms with Crippen molar-refractivity contribution < 1.29 is 19.1 Å². The molecule has 0 N–H and O–H groups in total. The molecule has 0 radical (unpaired) electrons. The van der Waals surface area contributed by atoms with Crippen molar-refractivity contribution >= 4 is 11.9 Å². The Morgan fingerprint density at radius 1 is 1.08 bits per heavy atom. The molecule has 0 bridgehead atoms. The maximum Gasteiger partial charge on any atom is 0.348 e. The Bertz CT molecular complexity index is 572. The van der Waals surface area contributed by atoms with E-state index in [1.165, 1.54) is 51.9 Å². The van der Waals surface area contributed by atoms with Crippen LogP contribution in [0.15, 0.2) is 0 Å². The van der Waals surface area contributed by atoms with Crippen LogP contribution >= 0.6 is 0 Å². The van der Waals surface area contributed by atoms with E-state index < -0.39 is 6.10 Å². The summed E-state index contributed by atoms with van der Waals surface area (Å²) in [5.41, 5.74) is 0.0909. The first-order chi connectivity index (χ1) is 11.8.